The Morgan fingerprint density at radius 2 is 1.44 bits per heavy atom. The molecule has 0 N–H and O–H groups in total. The van der Waals surface area contributed by atoms with Crippen LogP contribution in [0.1, 0.15) is 49.9 Å². The van der Waals surface area contributed by atoms with E-state index in [4.69, 9.17) is 21.7 Å². The van der Waals surface area contributed by atoms with Gasteiger partial charge in [-0.1, -0.05) is 81.3 Å². The number of rotatable bonds is 2. The van der Waals surface area contributed by atoms with Crippen molar-refractivity contribution in [3.8, 4) is 6.07 Å². The Kier molecular flexibility index (Phi) is 21.6. The summed E-state index contributed by atoms with van der Waals surface area (Å²) < 4.78 is 0. The number of hydrogen-bond acceptors (Lipinski definition) is 2. The lowest BCUT2D eigenvalue weighted by molar-refractivity contribution is -0.0979. The Morgan fingerprint density at radius 3 is 1.88 bits per heavy atom. The number of carbonyl (C=O) groups excluding carboxylic acids is 1. The molecule has 0 aromatic heterocycles. The maximum atomic E-state index is 9.09. The molecule has 0 heterocycles. The molecule has 0 saturated carbocycles. The molecular formula is C22H30ClNO. The molecule has 25 heavy (non-hydrogen) atoms. The highest BCUT2D eigenvalue weighted by molar-refractivity contribution is 6.31. The van der Waals surface area contributed by atoms with Crippen molar-refractivity contribution < 1.29 is 4.79 Å². The van der Waals surface area contributed by atoms with Crippen molar-refractivity contribution in [3.63, 3.8) is 0 Å². The molecule has 2 rings (SSSR count). The fourth-order valence-electron chi connectivity index (χ4n) is 1.77. The Hall–Kier alpha value is -2.37. The number of nitrogens with zero attached hydrogens (tertiary/aromatic N) is 1. The highest BCUT2D eigenvalue weighted by Crippen LogP contribution is 2.21. The smallest absolute Gasteiger partial charge is 0.106 e. The van der Waals surface area contributed by atoms with Crippen LogP contribution in [-0.2, 0) is 11.2 Å². The van der Waals surface area contributed by atoms with Gasteiger partial charge in [-0.15, -0.1) is 13.2 Å². The SMILES string of the molecule is C=C.C=O.CC.CC.Cc1ccc(Cc2cccc(Cl)c2C#N)cc1. The predicted octanol–water partition coefficient (Wildman–Crippen LogP) is 6.78. The van der Waals surface area contributed by atoms with Gasteiger partial charge >= 0.3 is 0 Å². The number of benzene rings is 2. The van der Waals surface area contributed by atoms with Crippen LogP contribution >= 0.6 is 11.6 Å². The van der Waals surface area contributed by atoms with Crippen LogP contribution in [0.3, 0.4) is 0 Å². The van der Waals surface area contributed by atoms with Gasteiger partial charge in [0.25, 0.3) is 0 Å². The average Bonchev–Trinajstić information content (AvgIpc) is 2.70. The Morgan fingerprint density at radius 1 is 0.960 bits per heavy atom. The van der Waals surface area contributed by atoms with Crippen molar-refractivity contribution in [1.29, 1.82) is 5.26 Å². The largest absolute Gasteiger partial charge is 0.307 e. The van der Waals surface area contributed by atoms with E-state index in [1.54, 1.807) is 6.07 Å². The second-order valence-corrected chi connectivity index (χ2v) is 4.46. The highest BCUT2D eigenvalue weighted by Gasteiger charge is 2.06. The summed E-state index contributed by atoms with van der Waals surface area (Å²) in [6.45, 7) is 18.1. The Bertz CT molecular complexity index is 598. The van der Waals surface area contributed by atoms with E-state index in [0.29, 0.717) is 10.6 Å². The molecule has 2 nitrogen and oxygen atoms in total. The van der Waals surface area contributed by atoms with Crippen LogP contribution in [0, 0.1) is 18.3 Å². The standard InChI is InChI=1S/C15H12ClN.2C2H6.C2H4.CH2O/c1-11-5-7-12(8-6-11)9-13-3-2-4-15(16)14(13)10-17;4*1-2/h2-8H,9H2,1H3;2*1-2H3;1-2H2;1H2. The van der Waals surface area contributed by atoms with E-state index in [9.17, 15) is 0 Å². The Balaban J connectivity index is -0.000000533. The summed E-state index contributed by atoms with van der Waals surface area (Å²) in [4.78, 5) is 8.00. The van der Waals surface area contributed by atoms with Gasteiger partial charge in [-0.3, -0.25) is 0 Å². The number of aryl methyl sites for hydroxylation is 1. The van der Waals surface area contributed by atoms with E-state index < -0.39 is 0 Å². The molecular weight excluding hydrogens is 330 g/mol. The lowest BCUT2D eigenvalue weighted by Gasteiger charge is -2.06. The van der Waals surface area contributed by atoms with Crippen LogP contribution in [0.25, 0.3) is 0 Å². The highest BCUT2D eigenvalue weighted by atomic mass is 35.5. The Labute approximate surface area is 158 Å². The molecule has 0 saturated heterocycles. The molecule has 3 heteroatoms. The molecule has 0 aliphatic heterocycles. The first kappa shape index (κ1) is 27.5. The minimum atomic E-state index is 0.525. The number of hydrogen-bond donors (Lipinski definition) is 0. The van der Waals surface area contributed by atoms with Gasteiger partial charge < -0.3 is 4.79 Å². The van der Waals surface area contributed by atoms with Gasteiger partial charge in [-0.2, -0.15) is 5.26 Å². The second-order valence-electron chi connectivity index (χ2n) is 4.05. The minimum absolute atomic E-state index is 0.525. The first-order valence-electron chi connectivity index (χ1n) is 8.22. The zero-order valence-corrected chi connectivity index (χ0v) is 16.9. The van der Waals surface area contributed by atoms with Crippen LogP contribution in [0.2, 0.25) is 5.02 Å². The van der Waals surface area contributed by atoms with E-state index in [2.05, 4.69) is 50.4 Å². The monoisotopic (exact) mass is 359 g/mol. The quantitative estimate of drug-likeness (QED) is 0.554. The third-order valence-electron chi connectivity index (χ3n) is 2.73. The first-order chi connectivity index (χ1) is 12.2. The van der Waals surface area contributed by atoms with Crippen LogP contribution in [0.4, 0.5) is 0 Å². The summed E-state index contributed by atoms with van der Waals surface area (Å²) in [5.41, 5.74) is 3.98. The minimum Gasteiger partial charge on any atom is -0.307 e. The number of carbonyl (C=O) groups is 1. The first-order valence-corrected chi connectivity index (χ1v) is 8.60. The topological polar surface area (TPSA) is 40.9 Å². The van der Waals surface area contributed by atoms with E-state index in [1.165, 1.54) is 11.1 Å². The molecule has 0 aliphatic carbocycles. The van der Waals surface area contributed by atoms with Gasteiger partial charge in [0.1, 0.15) is 12.9 Å². The summed E-state index contributed by atoms with van der Waals surface area (Å²) in [6, 6.07) is 16.1. The maximum Gasteiger partial charge on any atom is 0.106 e. The molecule has 0 amide bonds. The van der Waals surface area contributed by atoms with E-state index in [-0.39, 0.29) is 0 Å². The fourth-order valence-corrected chi connectivity index (χ4v) is 2.00. The zero-order valence-electron chi connectivity index (χ0n) is 16.1. The van der Waals surface area contributed by atoms with Crippen molar-refractivity contribution in [2.75, 3.05) is 0 Å². The second kappa shape index (κ2) is 19.7. The van der Waals surface area contributed by atoms with Crippen LogP contribution in [0.15, 0.2) is 55.6 Å². The van der Waals surface area contributed by atoms with Gasteiger partial charge in [0.15, 0.2) is 0 Å². The molecule has 0 spiro atoms. The third-order valence-corrected chi connectivity index (χ3v) is 3.04. The third kappa shape index (κ3) is 10.9. The molecule has 0 aliphatic rings. The summed E-state index contributed by atoms with van der Waals surface area (Å²) in [5.74, 6) is 0. The van der Waals surface area contributed by atoms with Gasteiger partial charge in [0, 0.05) is 0 Å². The lowest BCUT2D eigenvalue weighted by Crippen LogP contribution is -1.93. The predicted molar refractivity (Wildman–Crippen MR) is 111 cm³/mol. The van der Waals surface area contributed by atoms with E-state index in [0.717, 1.165) is 12.0 Å². The zero-order chi connectivity index (χ0) is 20.3. The fraction of sp³-hybridized carbons (Fsp3) is 0.273. The molecule has 0 bridgehead atoms. The van der Waals surface area contributed by atoms with Crippen LogP contribution in [0.5, 0.6) is 0 Å². The molecule has 136 valence electrons. The average molecular weight is 360 g/mol. The van der Waals surface area contributed by atoms with Crippen molar-refractivity contribution in [2.45, 2.75) is 41.0 Å². The maximum absolute atomic E-state index is 9.09. The lowest BCUT2D eigenvalue weighted by atomic mass is 10.00. The van der Waals surface area contributed by atoms with Crippen molar-refractivity contribution in [3.05, 3.63) is 82.9 Å². The molecule has 2 aromatic carbocycles. The molecule has 0 fully saturated rings. The van der Waals surface area contributed by atoms with Crippen LogP contribution in [-0.4, -0.2) is 6.79 Å². The summed E-state index contributed by atoms with van der Waals surface area (Å²) in [5, 5.41) is 9.61. The molecule has 0 unspecified atom stereocenters. The van der Waals surface area contributed by atoms with Crippen molar-refractivity contribution in [1.82, 2.24) is 0 Å². The summed E-state index contributed by atoms with van der Waals surface area (Å²) in [7, 11) is 0. The van der Waals surface area contributed by atoms with Gasteiger partial charge in [0.05, 0.1) is 10.6 Å². The van der Waals surface area contributed by atoms with Crippen LogP contribution < -0.4 is 0 Å². The number of halogens is 1. The molecule has 0 atom stereocenters. The van der Waals surface area contributed by atoms with Gasteiger partial charge in [-0.05, 0) is 30.5 Å². The summed E-state index contributed by atoms with van der Waals surface area (Å²) in [6.07, 6.45) is 0.740. The normalized spacial score (nSPS) is 7.56. The molecule has 0 radical (unpaired) electrons. The van der Waals surface area contributed by atoms with Crippen molar-refractivity contribution in [2.24, 2.45) is 0 Å². The van der Waals surface area contributed by atoms with Gasteiger partial charge in [-0.25, -0.2) is 0 Å². The van der Waals surface area contributed by atoms with Crippen molar-refractivity contribution >= 4 is 18.4 Å². The van der Waals surface area contributed by atoms with E-state index >= 15 is 0 Å². The van der Waals surface area contributed by atoms with E-state index in [1.807, 2.05) is 46.6 Å². The van der Waals surface area contributed by atoms with Gasteiger partial charge in [0.2, 0.25) is 0 Å². The number of nitriles is 1. The summed E-state index contributed by atoms with van der Waals surface area (Å²) >= 11 is 6.00. The molecule has 2 aromatic rings.